The molecule has 0 aliphatic heterocycles. The van der Waals surface area contributed by atoms with E-state index in [0.717, 1.165) is 0 Å². The van der Waals surface area contributed by atoms with E-state index in [1.165, 1.54) is 0 Å². The molecule has 0 saturated carbocycles. The van der Waals surface area contributed by atoms with Crippen molar-refractivity contribution in [2.45, 2.75) is 33.1 Å². The Morgan fingerprint density at radius 3 is 2.18 bits per heavy atom. The molecule has 0 amide bonds. The van der Waals surface area contributed by atoms with E-state index in [4.69, 9.17) is 14.2 Å². The smallest absolute Gasteiger partial charge is 0.331 e. The third-order valence-corrected chi connectivity index (χ3v) is 3.83. The van der Waals surface area contributed by atoms with Crippen LogP contribution in [0.5, 0.6) is 0 Å². The Labute approximate surface area is 102 Å². The van der Waals surface area contributed by atoms with Crippen LogP contribution in [0.4, 0.5) is 0 Å². The van der Waals surface area contributed by atoms with Crippen LogP contribution in [0.3, 0.4) is 0 Å². The van der Waals surface area contributed by atoms with Gasteiger partial charge in [-0.05, 0) is 13.8 Å². The lowest BCUT2D eigenvalue weighted by atomic mass is 10.3. The number of hydrogen-bond acceptors (Lipinski definition) is 4. The van der Waals surface area contributed by atoms with E-state index in [9.17, 15) is 9.36 Å². The maximum Gasteiger partial charge on any atom is 0.331 e. The van der Waals surface area contributed by atoms with Gasteiger partial charge >= 0.3 is 13.6 Å². The lowest BCUT2D eigenvalue weighted by molar-refractivity contribution is -0.136. The number of carbonyl (C=O) groups is 1. The molecule has 0 unspecified atom stereocenters. The largest absolute Gasteiger partial charge is 0.481 e. The molecule has 5 nitrogen and oxygen atoms in total. The highest BCUT2D eigenvalue weighted by atomic mass is 31.2. The zero-order valence-corrected chi connectivity index (χ0v) is 11.2. The highest BCUT2D eigenvalue weighted by Gasteiger charge is 2.21. The SMILES string of the molecule is CCOP(=O)(CCC#CCCC(=O)O)OCC. The molecule has 0 rings (SSSR count). The third kappa shape index (κ3) is 8.93. The summed E-state index contributed by atoms with van der Waals surface area (Å²) in [5.74, 6) is 4.61. The van der Waals surface area contributed by atoms with Gasteiger partial charge in [-0.25, -0.2) is 0 Å². The number of carboxylic acids is 1. The molecule has 0 aromatic heterocycles. The molecule has 0 atom stereocenters. The molecule has 0 saturated heterocycles. The van der Waals surface area contributed by atoms with Gasteiger partial charge in [0.2, 0.25) is 0 Å². The van der Waals surface area contributed by atoms with Crippen LogP contribution < -0.4 is 0 Å². The molecule has 0 spiro atoms. The van der Waals surface area contributed by atoms with Crippen LogP contribution >= 0.6 is 7.60 Å². The monoisotopic (exact) mass is 262 g/mol. The van der Waals surface area contributed by atoms with E-state index in [1.807, 2.05) is 0 Å². The first-order valence-electron chi connectivity index (χ1n) is 5.59. The van der Waals surface area contributed by atoms with Gasteiger partial charge in [0.05, 0.1) is 25.8 Å². The van der Waals surface area contributed by atoms with E-state index in [2.05, 4.69) is 11.8 Å². The van der Waals surface area contributed by atoms with Crippen molar-refractivity contribution in [3.8, 4) is 11.8 Å². The highest BCUT2D eigenvalue weighted by Crippen LogP contribution is 2.48. The molecule has 0 radical (unpaired) electrons. The summed E-state index contributed by atoms with van der Waals surface area (Å²) in [5.41, 5.74) is 0. The van der Waals surface area contributed by atoms with Gasteiger partial charge in [-0.2, -0.15) is 0 Å². The molecular formula is C11H19O5P. The number of rotatable bonds is 8. The summed E-state index contributed by atoms with van der Waals surface area (Å²) in [7, 11) is -3.01. The van der Waals surface area contributed by atoms with Crippen molar-refractivity contribution in [2.24, 2.45) is 0 Å². The molecule has 6 heteroatoms. The van der Waals surface area contributed by atoms with E-state index < -0.39 is 13.6 Å². The molecule has 0 fully saturated rings. The first-order chi connectivity index (χ1) is 8.04. The zero-order valence-electron chi connectivity index (χ0n) is 10.3. The summed E-state index contributed by atoms with van der Waals surface area (Å²) in [4.78, 5) is 10.2. The molecule has 0 aliphatic carbocycles. The fourth-order valence-corrected chi connectivity index (χ4v) is 2.60. The summed E-state index contributed by atoms with van der Waals surface area (Å²) in [6.07, 6.45) is 0.968. The fourth-order valence-electron chi connectivity index (χ4n) is 1.10. The molecule has 0 aromatic rings. The van der Waals surface area contributed by atoms with E-state index in [-0.39, 0.29) is 12.6 Å². The standard InChI is InChI=1S/C11H19O5P/c1-3-15-17(14,16-4-2)10-8-6-5-7-9-11(12)13/h3-4,7-10H2,1-2H3,(H,12,13). The summed E-state index contributed by atoms with van der Waals surface area (Å²) < 4.78 is 22.1. The summed E-state index contributed by atoms with van der Waals surface area (Å²) in [5, 5.41) is 8.39. The van der Waals surface area contributed by atoms with E-state index >= 15 is 0 Å². The predicted molar refractivity (Wildman–Crippen MR) is 65.0 cm³/mol. The van der Waals surface area contributed by atoms with Gasteiger partial charge < -0.3 is 14.2 Å². The van der Waals surface area contributed by atoms with Gasteiger partial charge in [-0.3, -0.25) is 9.36 Å². The number of aliphatic carboxylic acids is 1. The molecule has 0 aromatic carbocycles. The van der Waals surface area contributed by atoms with Crippen LogP contribution in [0.25, 0.3) is 0 Å². The van der Waals surface area contributed by atoms with Gasteiger partial charge in [0, 0.05) is 12.8 Å². The first kappa shape index (κ1) is 16.2. The summed E-state index contributed by atoms with van der Waals surface area (Å²) in [6.45, 7) is 4.18. The maximum atomic E-state index is 11.9. The normalized spacial score (nSPS) is 10.7. The quantitative estimate of drug-likeness (QED) is 0.537. The van der Waals surface area contributed by atoms with Gasteiger partial charge in [-0.1, -0.05) is 0 Å². The fraction of sp³-hybridized carbons (Fsp3) is 0.727. The molecule has 17 heavy (non-hydrogen) atoms. The van der Waals surface area contributed by atoms with Gasteiger partial charge in [-0.15, -0.1) is 11.8 Å². The van der Waals surface area contributed by atoms with Crippen molar-refractivity contribution in [1.29, 1.82) is 0 Å². The predicted octanol–water partition coefficient (Wildman–Crippen LogP) is 2.51. The average molecular weight is 262 g/mol. The van der Waals surface area contributed by atoms with Crippen molar-refractivity contribution in [3.63, 3.8) is 0 Å². The Morgan fingerprint density at radius 1 is 1.18 bits per heavy atom. The van der Waals surface area contributed by atoms with Crippen LogP contribution in [0, 0.1) is 11.8 Å². The lowest BCUT2D eigenvalue weighted by Crippen LogP contribution is -1.99. The Bertz CT molecular complexity index is 318. The minimum absolute atomic E-state index is 0.0293. The van der Waals surface area contributed by atoms with Crippen molar-refractivity contribution in [3.05, 3.63) is 0 Å². The molecule has 0 aliphatic rings. The molecule has 0 bridgehead atoms. The minimum atomic E-state index is -3.01. The molecule has 1 N–H and O–H groups in total. The zero-order chi connectivity index (χ0) is 13.1. The Hall–Kier alpha value is -0.820. The number of hydrogen-bond donors (Lipinski definition) is 1. The minimum Gasteiger partial charge on any atom is -0.481 e. The molecule has 98 valence electrons. The Morgan fingerprint density at radius 2 is 1.71 bits per heavy atom. The van der Waals surface area contributed by atoms with Crippen LogP contribution in [-0.2, 0) is 18.4 Å². The van der Waals surface area contributed by atoms with Crippen molar-refractivity contribution >= 4 is 13.6 Å². The molecular weight excluding hydrogens is 243 g/mol. The van der Waals surface area contributed by atoms with Crippen molar-refractivity contribution in [2.75, 3.05) is 19.4 Å². The van der Waals surface area contributed by atoms with Crippen molar-refractivity contribution in [1.82, 2.24) is 0 Å². The van der Waals surface area contributed by atoms with Gasteiger partial charge in [0.15, 0.2) is 0 Å². The maximum absolute atomic E-state index is 11.9. The Balaban J connectivity index is 3.97. The second-order valence-electron chi connectivity index (χ2n) is 3.17. The third-order valence-electron chi connectivity index (χ3n) is 1.75. The Kier molecular flexibility index (Phi) is 8.79. The van der Waals surface area contributed by atoms with Crippen LogP contribution in [-0.4, -0.2) is 30.5 Å². The van der Waals surface area contributed by atoms with Gasteiger partial charge in [0.1, 0.15) is 0 Å². The second kappa shape index (κ2) is 9.23. The van der Waals surface area contributed by atoms with E-state index in [0.29, 0.717) is 26.1 Å². The van der Waals surface area contributed by atoms with Crippen LogP contribution in [0.1, 0.15) is 33.1 Å². The summed E-state index contributed by atoms with van der Waals surface area (Å²) in [6, 6.07) is 0. The van der Waals surface area contributed by atoms with E-state index in [1.54, 1.807) is 13.8 Å². The van der Waals surface area contributed by atoms with Crippen LogP contribution in [0.15, 0.2) is 0 Å². The number of carboxylic acid groups (broad SMARTS) is 1. The lowest BCUT2D eigenvalue weighted by Gasteiger charge is -2.15. The van der Waals surface area contributed by atoms with Crippen molar-refractivity contribution < 1.29 is 23.5 Å². The molecule has 0 heterocycles. The highest BCUT2D eigenvalue weighted by molar-refractivity contribution is 7.53. The summed E-state index contributed by atoms with van der Waals surface area (Å²) >= 11 is 0. The average Bonchev–Trinajstić information content (AvgIpc) is 2.23. The van der Waals surface area contributed by atoms with Gasteiger partial charge in [0.25, 0.3) is 0 Å². The topological polar surface area (TPSA) is 72.8 Å². The second-order valence-corrected chi connectivity index (χ2v) is 5.35. The first-order valence-corrected chi connectivity index (χ1v) is 7.32. The van der Waals surface area contributed by atoms with Crippen LogP contribution in [0.2, 0.25) is 0 Å².